The quantitative estimate of drug-likeness (QED) is 0.715. The van der Waals surface area contributed by atoms with Crippen molar-refractivity contribution < 1.29 is 18.7 Å². The van der Waals surface area contributed by atoms with Crippen molar-refractivity contribution in [2.45, 2.75) is 18.2 Å². The van der Waals surface area contributed by atoms with E-state index in [0.717, 1.165) is 0 Å². The summed E-state index contributed by atoms with van der Waals surface area (Å²) in [5.41, 5.74) is 4.11. The van der Waals surface area contributed by atoms with Crippen LogP contribution < -0.4 is 5.73 Å². The molecule has 0 bridgehead atoms. The molecule has 0 unspecified atom stereocenters. The van der Waals surface area contributed by atoms with Crippen molar-refractivity contribution in [3.05, 3.63) is 35.9 Å². The van der Waals surface area contributed by atoms with E-state index in [1.165, 1.54) is 0 Å². The van der Waals surface area contributed by atoms with E-state index in [-0.39, 0.29) is 0 Å². The van der Waals surface area contributed by atoms with Gasteiger partial charge in [-0.05, 0) is 12.5 Å². The van der Waals surface area contributed by atoms with E-state index in [1.54, 1.807) is 37.3 Å². The lowest BCUT2D eigenvalue weighted by atomic mass is 10.1. The number of rotatable bonds is 3. The summed E-state index contributed by atoms with van der Waals surface area (Å²) in [7, 11) is -4.33. The van der Waals surface area contributed by atoms with Crippen LogP contribution in [0.5, 0.6) is 0 Å². The van der Waals surface area contributed by atoms with Crippen LogP contribution in [-0.4, -0.2) is 19.0 Å². The first-order valence-electron chi connectivity index (χ1n) is 4.25. The van der Waals surface area contributed by atoms with Crippen LogP contribution >= 0.6 is 0 Å². The molecule has 1 aromatic carbocycles. The van der Waals surface area contributed by atoms with Crippen LogP contribution in [0, 0.1) is 0 Å². The zero-order valence-corrected chi connectivity index (χ0v) is 8.70. The molecule has 2 atom stereocenters. The number of benzene rings is 1. The van der Waals surface area contributed by atoms with Gasteiger partial charge in [0.25, 0.3) is 0 Å². The average molecular weight is 215 g/mol. The van der Waals surface area contributed by atoms with Crippen LogP contribution in [0.3, 0.4) is 0 Å². The molecule has 0 aromatic heterocycles. The van der Waals surface area contributed by atoms with Gasteiger partial charge in [0.15, 0.2) is 0 Å². The van der Waals surface area contributed by atoms with E-state index in [0.29, 0.717) is 5.56 Å². The minimum atomic E-state index is -4.33. The summed E-state index contributed by atoms with van der Waals surface area (Å²) < 4.78 is 32.9. The van der Waals surface area contributed by atoms with Crippen molar-refractivity contribution in [2.24, 2.45) is 0 Å². The minimum Gasteiger partial charge on any atom is -0.747 e. The maximum absolute atomic E-state index is 11.0. The molecule has 0 fully saturated rings. The molecule has 0 saturated heterocycles. The van der Waals surface area contributed by atoms with Crippen molar-refractivity contribution in [1.82, 2.24) is 0 Å². The average Bonchev–Trinajstić information content (AvgIpc) is 2.02. The van der Waals surface area contributed by atoms with Gasteiger partial charge in [0, 0.05) is 0 Å². The van der Waals surface area contributed by atoms with Gasteiger partial charge in [-0.3, -0.25) is 0 Å². The molecule has 0 aliphatic rings. The predicted octanol–water partition coefficient (Wildman–Crippen LogP) is -0.0967. The molecular formula is C9H13NO3S. The molecule has 3 N–H and O–H groups in total. The van der Waals surface area contributed by atoms with Crippen LogP contribution in [0.15, 0.2) is 30.3 Å². The number of quaternary nitrogens is 1. The molecule has 0 spiro atoms. The van der Waals surface area contributed by atoms with Crippen molar-refractivity contribution >= 4 is 10.1 Å². The SMILES string of the molecule is C[C@@H]([NH3+])[C@H](c1ccccc1)S(=O)(=O)[O-]. The monoisotopic (exact) mass is 215 g/mol. The lowest BCUT2D eigenvalue weighted by molar-refractivity contribution is -0.414. The zero-order chi connectivity index (χ0) is 10.8. The van der Waals surface area contributed by atoms with Crippen LogP contribution in [0.25, 0.3) is 0 Å². The van der Waals surface area contributed by atoms with Crippen LogP contribution in [0.4, 0.5) is 0 Å². The molecule has 1 rings (SSSR count). The maximum Gasteiger partial charge on any atom is 0.126 e. The highest BCUT2D eigenvalue weighted by Gasteiger charge is 2.25. The van der Waals surface area contributed by atoms with Crippen LogP contribution in [-0.2, 0) is 10.1 Å². The third-order valence-electron chi connectivity index (χ3n) is 1.96. The Balaban J connectivity index is 3.15. The Morgan fingerprint density at radius 2 is 1.79 bits per heavy atom. The Morgan fingerprint density at radius 3 is 2.14 bits per heavy atom. The van der Waals surface area contributed by atoms with Crippen molar-refractivity contribution in [3.63, 3.8) is 0 Å². The molecule has 0 aliphatic heterocycles. The second kappa shape index (κ2) is 4.08. The van der Waals surface area contributed by atoms with Crippen LogP contribution in [0.2, 0.25) is 0 Å². The van der Waals surface area contributed by atoms with Gasteiger partial charge >= 0.3 is 0 Å². The van der Waals surface area contributed by atoms with Gasteiger partial charge in [-0.2, -0.15) is 0 Å². The lowest BCUT2D eigenvalue weighted by Crippen LogP contribution is -2.62. The van der Waals surface area contributed by atoms with Crippen LogP contribution in [0.1, 0.15) is 17.7 Å². The molecule has 14 heavy (non-hydrogen) atoms. The Morgan fingerprint density at radius 1 is 1.29 bits per heavy atom. The Labute approximate surface area is 83.5 Å². The second-order valence-corrected chi connectivity index (χ2v) is 4.79. The Kier molecular flexibility index (Phi) is 3.25. The molecule has 0 saturated carbocycles. The van der Waals surface area contributed by atoms with Crippen molar-refractivity contribution in [3.8, 4) is 0 Å². The summed E-state index contributed by atoms with van der Waals surface area (Å²) >= 11 is 0. The first-order chi connectivity index (χ1) is 6.43. The lowest BCUT2D eigenvalue weighted by Gasteiger charge is -2.21. The van der Waals surface area contributed by atoms with Gasteiger partial charge in [-0.25, -0.2) is 8.42 Å². The summed E-state index contributed by atoms with van der Waals surface area (Å²) in [5.74, 6) is 0. The van der Waals surface area contributed by atoms with E-state index < -0.39 is 21.4 Å². The smallest absolute Gasteiger partial charge is 0.126 e. The third-order valence-corrected chi connectivity index (χ3v) is 3.31. The minimum absolute atomic E-state index is 0.458. The van der Waals surface area contributed by atoms with Gasteiger partial charge in [0.1, 0.15) is 21.4 Å². The van der Waals surface area contributed by atoms with Gasteiger partial charge in [0.05, 0.1) is 0 Å². The van der Waals surface area contributed by atoms with Crippen molar-refractivity contribution in [1.29, 1.82) is 0 Å². The maximum atomic E-state index is 11.0. The molecule has 78 valence electrons. The molecule has 0 radical (unpaired) electrons. The first kappa shape index (κ1) is 11.2. The van der Waals surface area contributed by atoms with E-state index >= 15 is 0 Å². The third kappa shape index (κ3) is 2.54. The molecular weight excluding hydrogens is 202 g/mol. The highest BCUT2D eigenvalue weighted by atomic mass is 32.2. The van der Waals surface area contributed by atoms with Gasteiger partial charge in [0.2, 0.25) is 0 Å². The van der Waals surface area contributed by atoms with E-state index in [1.807, 2.05) is 0 Å². The molecule has 1 aromatic rings. The Bertz CT molecular complexity index is 386. The summed E-state index contributed by atoms with van der Waals surface area (Å²) in [6.45, 7) is 1.62. The standard InChI is InChI=1S/C9H13NO3S/c1-7(10)9(14(11,12)13)8-5-3-2-4-6-8/h2-7,9H,10H2,1H3,(H,11,12,13)/t7-,9-/m1/s1. The van der Waals surface area contributed by atoms with Gasteiger partial charge in [-0.15, -0.1) is 0 Å². The molecule has 0 amide bonds. The van der Waals surface area contributed by atoms with Crippen molar-refractivity contribution in [2.75, 3.05) is 0 Å². The van der Waals surface area contributed by atoms with E-state index in [4.69, 9.17) is 0 Å². The number of hydrogen-bond acceptors (Lipinski definition) is 3. The fourth-order valence-electron chi connectivity index (χ4n) is 1.42. The molecule has 4 nitrogen and oxygen atoms in total. The summed E-state index contributed by atoms with van der Waals surface area (Å²) in [5, 5.41) is -1.05. The summed E-state index contributed by atoms with van der Waals surface area (Å²) in [6, 6.07) is 7.97. The van der Waals surface area contributed by atoms with Gasteiger partial charge < -0.3 is 10.3 Å². The van der Waals surface area contributed by atoms with E-state index in [9.17, 15) is 13.0 Å². The van der Waals surface area contributed by atoms with Gasteiger partial charge in [-0.1, -0.05) is 30.3 Å². The highest BCUT2D eigenvalue weighted by molar-refractivity contribution is 7.86. The predicted molar refractivity (Wildman–Crippen MR) is 51.2 cm³/mol. The molecule has 5 heteroatoms. The Hall–Kier alpha value is -0.910. The summed E-state index contributed by atoms with van der Waals surface area (Å²) in [4.78, 5) is 0. The highest BCUT2D eigenvalue weighted by Crippen LogP contribution is 2.22. The van der Waals surface area contributed by atoms with E-state index in [2.05, 4.69) is 5.73 Å². The topological polar surface area (TPSA) is 84.8 Å². The largest absolute Gasteiger partial charge is 0.747 e. The summed E-state index contributed by atoms with van der Waals surface area (Å²) in [6.07, 6.45) is 0. The second-order valence-electron chi connectivity index (χ2n) is 3.30. The zero-order valence-electron chi connectivity index (χ0n) is 7.88. The normalized spacial score (nSPS) is 16.2. The first-order valence-corrected chi connectivity index (χ1v) is 5.73. The fourth-order valence-corrected chi connectivity index (χ4v) is 2.48. The fraction of sp³-hybridized carbons (Fsp3) is 0.333. The molecule has 0 aliphatic carbocycles. The number of hydrogen-bond donors (Lipinski definition) is 1. The molecule has 0 heterocycles.